The molecule has 3 aromatic carbocycles. The molecule has 29 heavy (non-hydrogen) atoms. The summed E-state index contributed by atoms with van der Waals surface area (Å²) in [4.78, 5) is 10.9. The van der Waals surface area contributed by atoms with E-state index in [9.17, 15) is 13.6 Å². The average molecular weight is 394 g/mol. The SMILES string of the molecule is O=C(O)c1ccc(OCCCC=C(c2ccc(F)cc2)c2ccc(F)cc2)cc1. The Morgan fingerprint density at radius 3 is 1.76 bits per heavy atom. The highest BCUT2D eigenvalue weighted by atomic mass is 19.1. The third kappa shape index (κ3) is 5.75. The monoisotopic (exact) mass is 394 g/mol. The predicted molar refractivity (Wildman–Crippen MR) is 108 cm³/mol. The van der Waals surface area contributed by atoms with Crippen LogP contribution in [0.25, 0.3) is 5.57 Å². The third-order valence-corrected chi connectivity index (χ3v) is 4.38. The molecule has 0 aliphatic heterocycles. The number of hydrogen-bond donors (Lipinski definition) is 1. The number of aromatic carboxylic acids is 1. The molecule has 1 N–H and O–H groups in total. The molecule has 0 spiro atoms. The van der Waals surface area contributed by atoms with Crippen LogP contribution in [0.5, 0.6) is 5.75 Å². The van der Waals surface area contributed by atoms with Crippen molar-refractivity contribution in [2.75, 3.05) is 6.61 Å². The quantitative estimate of drug-likeness (QED) is 0.480. The van der Waals surface area contributed by atoms with Crippen LogP contribution in [0.1, 0.15) is 34.3 Å². The lowest BCUT2D eigenvalue weighted by Gasteiger charge is -2.10. The second-order valence-electron chi connectivity index (χ2n) is 6.45. The van der Waals surface area contributed by atoms with Crippen LogP contribution in [-0.4, -0.2) is 17.7 Å². The lowest BCUT2D eigenvalue weighted by molar-refractivity contribution is 0.0697. The van der Waals surface area contributed by atoms with Crippen LogP contribution in [0.15, 0.2) is 78.9 Å². The van der Waals surface area contributed by atoms with Gasteiger partial charge in [0, 0.05) is 0 Å². The minimum Gasteiger partial charge on any atom is -0.494 e. The van der Waals surface area contributed by atoms with Gasteiger partial charge in [-0.05, 0) is 78.1 Å². The van der Waals surface area contributed by atoms with E-state index in [1.54, 1.807) is 36.4 Å². The topological polar surface area (TPSA) is 46.5 Å². The first kappa shape index (κ1) is 20.3. The van der Waals surface area contributed by atoms with E-state index < -0.39 is 5.97 Å². The first-order chi connectivity index (χ1) is 14.0. The first-order valence-corrected chi connectivity index (χ1v) is 9.21. The van der Waals surface area contributed by atoms with E-state index in [-0.39, 0.29) is 17.2 Å². The van der Waals surface area contributed by atoms with Crippen molar-refractivity contribution in [3.05, 3.63) is 107 Å². The number of carboxylic acids is 1. The molecule has 0 aliphatic rings. The maximum Gasteiger partial charge on any atom is 0.335 e. The van der Waals surface area contributed by atoms with Crippen molar-refractivity contribution in [1.82, 2.24) is 0 Å². The van der Waals surface area contributed by atoms with Crippen molar-refractivity contribution in [2.45, 2.75) is 12.8 Å². The molecule has 0 atom stereocenters. The van der Waals surface area contributed by atoms with Gasteiger partial charge in [0.1, 0.15) is 17.4 Å². The molecule has 0 saturated heterocycles. The summed E-state index contributed by atoms with van der Waals surface area (Å²) in [6.07, 6.45) is 3.46. The zero-order chi connectivity index (χ0) is 20.6. The van der Waals surface area contributed by atoms with Crippen LogP contribution in [0.3, 0.4) is 0 Å². The number of hydrogen-bond acceptors (Lipinski definition) is 2. The summed E-state index contributed by atoms with van der Waals surface area (Å²) in [5.74, 6) is -0.990. The normalized spacial score (nSPS) is 10.4. The Morgan fingerprint density at radius 2 is 1.28 bits per heavy atom. The van der Waals surface area contributed by atoms with Crippen molar-refractivity contribution in [3.63, 3.8) is 0 Å². The molecule has 0 fully saturated rings. The second kappa shape index (κ2) is 9.64. The van der Waals surface area contributed by atoms with Gasteiger partial charge in [-0.3, -0.25) is 0 Å². The van der Waals surface area contributed by atoms with Crippen LogP contribution < -0.4 is 4.74 Å². The molecule has 0 radical (unpaired) electrons. The predicted octanol–water partition coefficient (Wildman–Crippen LogP) is 5.95. The number of carbonyl (C=O) groups is 1. The van der Waals surface area contributed by atoms with Crippen LogP contribution in [0.4, 0.5) is 8.78 Å². The number of rotatable bonds is 8. The molecule has 148 valence electrons. The number of halogens is 2. The maximum atomic E-state index is 13.3. The summed E-state index contributed by atoms with van der Waals surface area (Å²) >= 11 is 0. The van der Waals surface area contributed by atoms with E-state index >= 15 is 0 Å². The molecule has 5 heteroatoms. The Labute approximate surface area is 167 Å². The molecule has 3 aromatic rings. The van der Waals surface area contributed by atoms with Gasteiger partial charge < -0.3 is 9.84 Å². The van der Waals surface area contributed by atoms with Crippen molar-refractivity contribution in [1.29, 1.82) is 0 Å². The molecule has 0 bridgehead atoms. The summed E-state index contributed by atoms with van der Waals surface area (Å²) in [5, 5.41) is 8.90. The summed E-state index contributed by atoms with van der Waals surface area (Å²) in [7, 11) is 0. The Kier molecular flexibility index (Phi) is 6.74. The lowest BCUT2D eigenvalue weighted by Crippen LogP contribution is -1.99. The molecule has 0 aromatic heterocycles. The summed E-state index contributed by atoms with van der Waals surface area (Å²) in [6.45, 7) is 0.461. The minimum atomic E-state index is -0.976. The number of allylic oxidation sites excluding steroid dienone is 1. The molecular weight excluding hydrogens is 374 g/mol. The van der Waals surface area contributed by atoms with E-state index in [2.05, 4.69) is 0 Å². The van der Waals surface area contributed by atoms with Crippen molar-refractivity contribution in [3.8, 4) is 5.75 Å². The Hall–Kier alpha value is -3.47. The van der Waals surface area contributed by atoms with Gasteiger partial charge >= 0.3 is 5.97 Å². The molecule has 3 rings (SSSR count). The Balaban J connectivity index is 1.64. The standard InChI is InChI=1S/C24H20F2O3/c25-20-10-4-17(5-11-20)23(18-6-12-21(26)13-7-18)3-1-2-16-29-22-14-8-19(9-15-22)24(27)28/h3-15H,1-2,16H2,(H,27,28). The van der Waals surface area contributed by atoms with E-state index in [1.165, 1.54) is 36.4 Å². The number of carboxylic acid groups (broad SMARTS) is 1. The molecule has 0 amide bonds. The van der Waals surface area contributed by atoms with Gasteiger partial charge in [-0.15, -0.1) is 0 Å². The van der Waals surface area contributed by atoms with Gasteiger partial charge in [0.2, 0.25) is 0 Å². The third-order valence-electron chi connectivity index (χ3n) is 4.38. The smallest absolute Gasteiger partial charge is 0.335 e. The lowest BCUT2D eigenvalue weighted by atomic mass is 9.96. The van der Waals surface area contributed by atoms with Crippen LogP contribution >= 0.6 is 0 Å². The summed E-state index contributed by atoms with van der Waals surface area (Å²) in [6, 6.07) is 18.6. The number of ether oxygens (including phenoxy) is 1. The van der Waals surface area contributed by atoms with E-state index in [0.717, 1.165) is 23.1 Å². The first-order valence-electron chi connectivity index (χ1n) is 9.21. The molecule has 3 nitrogen and oxygen atoms in total. The largest absolute Gasteiger partial charge is 0.494 e. The highest BCUT2D eigenvalue weighted by Gasteiger charge is 2.06. The zero-order valence-electron chi connectivity index (χ0n) is 15.6. The van der Waals surface area contributed by atoms with Gasteiger partial charge in [0.25, 0.3) is 0 Å². The fourth-order valence-electron chi connectivity index (χ4n) is 2.87. The Bertz CT molecular complexity index is 929. The zero-order valence-corrected chi connectivity index (χ0v) is 15.6. The minimum absolute atomic E-state index is 0.212. The van der Waals surface area contributed by atoms with Crippen LogP contribution in [0, 0.1) is 11.6 Å². The van der Waals surface area contributed by atoms with Crippen molar-refractivity contribution < 1.29 is 23.4 Å². The van der Waals surface area contributed by atoms with Crippen molar-refractivity contribution in [2.24, 2.45) is 0 Å². The van der Waals surface area contributed by atoms with Crippen LogP contribution in [-0.2, 0) is 0 Å². The van der Waals surface area contributed by atoms with Gasteiger partial charge in [-0.25, -0.2) is 13.6 Å². The second-order valence-corrected chi connectivity index (χ2v) is 6.45. The molecule has 0 heterocycles. The molecular formula is C24H20F2O3. The molecule has 0 saturated carbocycles. The summed E-state index contributed by atoms with van der Waals surface area (Å²) < 4.78 is 32.2. The van der Waals surface area contributed by atoms with Crippen LogP contribution in [0.2, 0.25) is 0 Å². The van der Waals surface area contributed by atoms with E-state index in [0.29, 0.717) is 18.8 Å². The number of unbranched alkanes of at least 4 members (excludes halogenated alkanes) is 1. The maximum absolute atomic E-state index is 13.3. The van der Waals surface area contributed by atoms with E-state index in [4.69, 9.17) is 9.84 Å². The van der Waals surface area contributed by atoms with Gasteiger partial charge in [0.15, 0.2) is 0 Å². The molecule has 0 aliphatic carbocycles. The Morgan fingerprint density at radius 1 is 0.793 bits per heavy atom. The van der Waals surface area contributed by atoms with Crippen molar-refractivity contribution >= 4 is 11.5 Å². The fourth-order valence-corrected chi connectivity index (χ4v) is 2.87. The van der Waals surface area contributed by atoms with Gasteiger partial charge in [0.05, 0.1) is 12.2 Å². The highest BCUT2D eigenvalue weighted by molar-refractivity contribution is 5.87. The number of benzene rings is 3. The highest BCUT2D eigenvalue weighted by Crippen LogP contribution is 2.25. The van der Waals surface area contributed by atoms with Gasteiger partial charge in [-0.1, -0.05) is 30.3 Å². The van der Waals surface area contributed by atoms with E-state index in [1.807, 2.05) is 6.08 Å². The average Bonchev–Trinajstić information content (AvgIpc) is 2.73. The fraction of sp³-hybridized carbons (Fsp3) is 0.125. The molecule has 0 unspecified atom stereocenters. The summed E-state index contributed by atoms with van der Waals surface area (Å²) in [5.41, 5.74) is 2.81. The van der Waals surface area contributed by atoms with Gasteiger partial charge in [-0.2, -0.15) is 0 Å².